The quantitative estimate of drug-likeness (QED) is 0.512. The van der Waals surface area contributed by atoms with Crippen molar-refractivity contribution in [2.45, 2.75) is 146 Å². The third-order valence-corrected chi connectivity index (χ3v) is 8.18. The van der Waals surface area contributed by atoms with Gasteiger partial charge in [-0.05, 0) is 32.4 Å². The van der Waals surface area contributed by atoms with Crippen LogP contribution in [0.1, 0.15) is 124 Å². The third-order valence-electron chi connectivity index (χ3n) is 8.18. The molecule has 0 aromatic rings. The largest absolute Gasteiger partial charge is 0.461 e. The van der Waals surface area contributed by atoms with Gasteiger partial charge in [-0.1, -0.05) is 103 Å². The SMILES string of the molecule is CC1(C)OB(C2CCCCCCCC2)OC1(C)COB(O)C1CCCCCCCC1. The zero-order chi connectivity index (χ0) is 21.5. The molecule has 1 saturated heterocycles. The highest BCUT2D eigenvalue weighted by molar-refractivity contribution is 6.47. The summed E-state index contributed by atoms with van der Waals surface area (Å²) in [6, 6.07) is 0. The summed E-state index contributed by atoms with van der Waals surface area (Å²) >= 11 is 0. The van der Waals surface area contributed by atoms with Gasteiger partial charge in [-0.25, -0.2) is 0 Å². The first kappa shape index (κ1) is 24.6. The van der Waals surface area contributed by atoms with E-state index in [0.717, 1.165) is 12.8 Å². The van der Waals surface area contributed by atoms with Crippen LogP contribution in [0.3, 0.4) is 0 Å². The lowest BCUT2D eigenvalue weighted by atomic mass is 9.67. The van der Waals surface area contributed by atoms with Crippen molar-refractivity contribution >= 4 is 14.2 Å². The molecule has 2 saturated carbocycles. The Labute approximate surface area is 186 Å². The molecule has 1 aliphatic heterocycles. The summed E-state index contributed by atoms with van der Waals surface area (Å²) in [5.74, 6) is 0.728. The van der Waals surface area contributed by atoms with Gasteiger partial charge in [0, 0.05) is 0 Å². The topological polar surface area (TPSA) is 47.9 Å². The van der Waals surface area contributed by atoms with Crippen molar-refractivity contribution in [2.24, 2.45) is 0 Å². The molecular formula is C24H46B2O4. The van der Waals surface area contributed by atoms with Gasteiger partial charge in [-0.15, -0.1) is 0 Å². The summed E-state index contributed by atoms with van der Waals surface area (Å²) in [6.07, 6.45) is 20.2. The van der Waals surface area contributed by atoms with Gasteiger partial charge in [0.15, 0.2) is 0 Å². The van der Waals surface area contributed by atoms with Crippen LogP contribution in [-0.2, 0) is 14.0 Å². The van der Waals surface area contributed by atoms with Crippen LogP contribution in [-0.4, -0.2) is 37.1 Å². The Morgan fingerprint density at radius 2 is 1.23 bits per heavy atom. The molecule has 0 radical (unpaired) electrons. The summed E-state index contributed by atoms with van der Waals surface area (Å²) < 4.78 is 19.2. The molecule has 1 atom stereocenters. The Bertz CT molecular complexity index is 484. The van der Waals surface area contributed by atoms with E-state index in [-0.39, 0.29) is 12.9 Å². The van der Waals surface area contributed by atoms with Crippen molar-refractivity contribution in [3.05, 3.63) is 0 Å². The van der Waals surface area contributed by atoms with Crippen LogP contribution in [0.2, 0.25) is 11.6 Å². The van der Waals surface area contributed by atoms with E-state index >= 15 is 0 Å². The molecule has 3 fully saturated rings. The molecule has 0 bridgehead atoms. The molecule has 30 heavy (non-hydrogen) atoms. The monoisotopic (exact) mass is 420 g/mol. The summed E-state index contributed by atoms with van der Waals surface area (Å²) in [5.41, 5.74) is -0.955. The molecule has 4 nitrogen and oxygen atoms in total. The Morgan fingerprint density at radius 3 is 1.77 bits per heavy atom. The fourth-order valence-electron chi connectivity index (χ4n) is 5.50. The third kappa shape index (κ3) is 6.73. The summed E-state index contributed by atoms with van der Waals surface area (Å²) in [6.45, 7) is 6.74. The molecule has 1 heterocycles. The maximum atomic E-state index is 10.8. The fraction of sp³-hybridized carbons (Fsp3) is 1.00. The minimum atomic E-state index is -0.691. The number of rotatable bonds is 5. The average Bonchev–Trinajstić information content (AvgIpc) is 3.09. The van der Waals surface area contributed by atoms with E-state index in [1.165, 1.54) is 89.9 Å². The minimum Gasteiger partial charge on any atom is -0.427 e. The highest BCUT2D eigenvalue weighted by atomic mass is 16.7. The van der Waals surface area contributed by atoms with E-state index in [9.17, 15) is 5.02 Å². The van der Waals surface area contributed by atoms with E-state index in [1.807, 2.05) is 0 Å². The Morgan fingerprint density at radius 1 is 0.767 bits per heavy atom. The molecular weight excluding hydrogens is 374 g/mol. The molecule has 172 valence electrons. The lowest BCUT2D eigenvalue weighted by Gasteiger charge is -2.37. The smallest absolute Gasteiger partial charge is 0.427 e. The number of hydrogen-bond donors (Lipinski definition) is 1. The van der Waals surface area contributed by atoms with Crippen molar-refractivity contribution in [2.75, 3.05) is 6.61 Å². The first-order valence-electron chi connectivity index (χ1n) is 13.1. The molecule has 0 aromatic heterocycles. The van der Waals surface area contributed by atoms with Gasteiger partial charge in [0.05, 0.1) is 17.8 Å². The van der Waals surface area contributed by atoms with E-state index in [0.29, 0.717) is 12.4 Å². The predicted molar refractivity (Wildman–Crippen MR) is 126 cm³/mol. The van der Waals surface area contributed by atoms with Gasteiger partial charge >= 0.3 is 14.2 Å². The molecule has 1 N–H and O–H groups in total. The van der Waals surface area contributed by atoms with Gasteiger partial charge in [0.25, 0.3) is 0 Å². The van der Waals surface area contributed by atoms with Crippen LogP contribution in [0.15, 0.2) is 0 Å². The predicted octanol–water partition coefficient (Wildman–Crippen LogP) is 6.57. The molecule has 6 heteroatoms. The number of hydrogen-bond acceptors (Lipinski definition) is 4. The highest BCUT2D eigenvalue weighted by Gasteiger charge is 2.56. The fourth-order valence-corrected chi connectivity index (χ4v) is 5.50. The van der Waals surface area contributed by atoms with Gasteiger partial charge < -0.3 is 19.0 Å². The average molecular weight is 420 g/mol. The second-order valence-electron chi connectivity index (χ2n) is 11.0. The standard InChI is InChI=1S/C24H46B2O4/c1-23(2)24(3,20-28-25(27)21-16-12-8-4-5-9-13-17-21)30-26(29-23)22-18-14-10-6-7-11-15-19-22/h21-22,27H,4-20H2,1-3H3. The van der Waals surface area contributed by atoms with Gasteiger partial charge in [0.1, 0.15) is 0 Å². The normalized spacial score (nSPS) is 30.6. The molecule has 0 amide bonds. The molecule has 3 rings (SSSR count). The summed E-state index contributed by atoms with van der Waals surface area (Å²) in [7, 11) is -0.836. The van der Waals surface area contributed by atoms with Crippen LogP contribution in [0, 0.1) is 0 Å². The summed E-state index contributed by atoms with van der Waals surface area (Å²) in [4.78, 5) is 0. The first-order valence-corrected chi connectivity index (χ1v) is 13.1. The second-order valence-corrected chi connectivity index (χ2v) is 11.0. The van der Waals surface area contributed by atoms with Gasteiger partial charge in [0.2, 0.25) is 0 Å². The Hall–Kier alpha value is -0.0301. The zero-order valence-corrected chi connectivity index (χ0v) is 20.0. The lowest BCUT2D eigenvalue weighted by Crippen LogP contribution is -2.50. The van der Waals surface area contributed by atoms with E-state index in [1.54, 1.807) is 0 Å². The van der Waals surface area contributed by atoms with E-state index in [4.69, 9.17) is 14.0 Å². The van der Waals surface area contributed by atoms with Crippen LogP contribution in [0.4, 0.5) is 0 Å². The first-order chi connectivity index (χ1) is 14.4. The molecule has 3 aliphatic rings. The molecule has 0 aromatic carbocycles. The lowest BCUT2D eigenvalue weighted by molar-refractivity contribution is -0.0456. The maximum Gasteiger partial charge on any atom is 0.461 e. The van der Waals surface area contributed by atoms with Gasteiger partial charge in [-0.3, -0.25) is 0 Å². The van der Waals surface area contributed by atoms with E-state index < -0.39 is 18.3 Å². The van der Waals surface area contributed by atoms with Crippen molar-refractivity contribution in [1.29, 1.82) is 0 Å². The molecule has 0 spiro atoms. The van der Waals surface area contributed by atoms with Crippen LogP contribution >= 0.6 is 0 Å². The van der Waals surface area contributed by atoms with Crippen LogP contribution in [0.5, 0.6) is 0 Å². The van der Waals surface area contributed by atoms with Crippen molar-refractivity contribution in [3.63, 3.8) is 0 Å². The second kappa shape index (κ2) is 11.7. The molecule has 2 aliphatic carbocycles. The maximum absolute atomic E-state index is 10.8. The van der Waals surface area contributed by atoms with Crippen molar-refractivity contribution < 1.29 is 19.0 Å². The summed E-state index contributed by atoms with van der Waals surface area (Å²) in [5, 5.41) is 10.8. The van der Waals surface area contributed by atoms with Crippen molar-refractivity contribution in [3.8, 4) is 0 Å². The Kier molecular flexibility index (Phi) is 9.62. The highest BCUT2D eigenvalue weighted by Crippen LogP contribution is 2.44. The zero-order valence-electron chi connectivity index (χ0n) is 20.0. The van der Waals surface area contributed by atoms with E-state index in [2.05, 4.69) is 20.8 Å². The van der Waals surface area contributed by atoms with Crippen LogP contribution in [0.25, 0.3) is 0 Å². The van der Waals surface area contributed by atoms with Crippen molar-refractivity contribution in [1.82, 2.24) is 0 Å². The Balaban J connectivity index is 1.55. The van der Waals surface area contributed by atoms with Gasteiger partial charge in [-0.2, -0.15) is 0 Å². The van der Waals surface area contributed by atoms with Crippen LogP contribution < -0.4 is 0 Å². The molecule has 1 unspecified atom stereocenters. The minimum absolute atomic E-state index is 0.145.